The molecule has 0 bridgehead atoms. The van der Waals surface area contributed by atoms with E-state index < -0.39 is 5.97 Å². The van der Waals surface area contributed by atoms with Crippen LogP contribution in [0.5, 0.6) is 5.75 Å². The van der Waals surface area contributed by atoms with Gasteiger partial charge in [0.15, 0.2) is 0 Å². The van der Waals surface area contributed by atoms with Gasteiger partial charge in [-0.15, -0.1) is 0 Å². The minimum absolute atomic E-state index is 0.332. The minimum Gasteiger partial charge on any atom is -0.495 e. The van der Waals surface area contributed by atoms with Gasteiger partial charge in [0.2, 0.25) is 0 Å². The van der Waals surface area contributed by atoms with Gasteiger partial charge in [0.1, 0.15) is 11.3 Å². The molecule has 0 fully saturated rings. The lowest BCUT2D eigenvalue weighted by molar-refractivity contribution is 0.0691. The van der Waals surface area contributed by atoms with Crippen molar-refractivity contribution in [3.05, 3.63) is 27.2 Å². The number of carboxylic acids is 1. The van der Waals surface area contributed by atoms with Gasteiger partial charge in [-0.1, -0.05) is 6.42 Å². The Labute approximate surface area is 109 Å². The van der Waals surface area contributed by atoms with Gasteiger partial charge in [-0.25, -0.2) is 4.79 Å². The summed E-state index contributed by atoms with van der Waals surface area (Å²) in [7, 11) is 1.51. The third-order valence-electron chi connectivity index (χ3n) is 3.23. The van der Waals surface area contributed by atoms with E-state index in [-0.39, 0.29) is 0 Å². The summed E-state index contributed by atoms with van der Waals surface area (Å²) in [5.41, 5.74) is 2.43. The van der Waals surface area contributed by atoms with Crippen molar-refractivity contribution in [3.8, 4) is 5.75 Å². The predicted octanol–water partition coefficient (Wildman–Crippen LogP) is 3.42. The van der Waals surface area contributed by atoms with Crippen molar-refractivity contribution < 1.29 is 14.6 Å². The first-order valence-electron chi connectivity index (χ1n) is 5.76. The Kier molecular flexibility index (Phi) is 3.72. The van der Waals surface area contributed by atoms with Gasteiger partial charge in [-0.05, 0) is 58.8 Å². The highest BCUT2D eigenvalue weighted by Crippen LogP contribution is 2.36. The molecule has 0 atom stereocenters. The zero-order valence-corrected chi connectivity index (χ0v) is 11.3. The number of methoxy groups -OCH3 is 1. The summed E-state index contributed by atoms with van der Waals surface area (Å²) in [4.78, 5) is 11.4. The molecule has 1 aliphatic carbocycles. The standard InChI is InChI=1S/C13H15BrO3/c1-17-12-10(14)7-8-5-3-2-4-6-9(8)11(12)13(15)16/h7H,2-6H2,1H3,(H,15,16). The number of hydrogen-bond acceptors (Lipinski definition) is 2. The van der Waals surface area contributed by atoms with Gasteiger partial charge in [0, 0.05) is 0 Å². The van der Waals surface area contributed by atoms with Crippen molar-refractivity contribution in [1.29, 1.82) is 0 Å². The third-order valence-corrected chi connectivity index (χ3v) is 3.81. The Morgan fingerprint density at radius 2 is 2.06 bits per heavy atom. The van der Waals surface area contributed by atoms with Crippen LogP contribution in [0.4, 0.5) is 0 Å². The zero-order valence-electron chi connectivity index (χ0n) is 9.75. The molecule has 0 saturated carbocycles. The Morgan fingerprint density at radius 3 is 2.71 bits per heavy atom. The van der Waals surface area contributed by atoms with Gasteiger partial charge < -0.3 is 9.84 Å². The number of aromatic carboxylic acids is 1. The van der Waals surface area contributed by atoms with Crippen LogP contribution in [0.1, 0.15) is 40.7 Å². The van der Waals surface area contributed by atoms with Crippen LogP contribution in [-0.2, 0) is 12.8 Å². The zero-order chi connectivity index (χ0) is 12.4. The second-order valence-electron chi connectivity index (χ2n) is 4.27. The summed E-state index contributed by atoms with van der Waals surface area (Å²) in [6.07, 6.45) is 5.13. The molecule has 0 saturated heterocycles. The number of aryl methyl sites for hydroxylation is 1. The van der Waals surface area contributed by atoms with Crippen LogP contribution in [0, 0.1) is 0 Å². The Hall–Kier alpha value is -1.03. The number of hydrogen-bond donors (Lipinski definition) is 1. The van der Waals surface area contributed by atoms with Crippen molar-refractivity contribution in [2.45, 2.75) is 32.1 Å². The van der Waals surface area contributed by atoms with Crippen LogP contribution < -0.4 is 4.74 Å². The molecule has 1 aromatic carbocycles. The topological polar surface area (TPSA) is 46.5 Å². The average Bonchev–Trinajstić information content (AvgIpc) is 2.51. The van der Waals surface area contributed by atoms with E-state index in [1.165, 1.54) is 7.11 Å². The fourth-order valence-electron chi connectivity index (χ4n) is 2.45. The Morgan fingerprint density at radius 1 is 1.35 bits per heavy atom. The third kappa shape index (κ3) is 2.32. The van der Waals surface area contributed by atoms with Crippen LogP contribution in [-0.4, -0.2) is 18.2 Å². The van der Waals surface area contributed by atoms with E-state index in [1.54, 1.807) is 0 Å². The lowest BCUT2D eigenvalue weighted by Crippen LogP contribution is -2.08. The van der Waals surface area contributed by atoms with E-state index in [0.29, 0.717) is 11.3 Å². The highest BCUT2D eigenvalue weighted by atomic mass is 79.9. The van der Waals surface area contributed by atoms with E-state index in [1.807, 2.05) is 6.07 Å². The molecule has 4 heteroatoms. The van der Waals surface area contributed by atoms with E-state index in [2.05, 4.69) is 15.9 Å². The van der Waals surface area contributed by atoms with Gasteiger partial charge in [0.05, 0.1) is 11.6 Å². The van der Waals surface area contributed by atoms with Crippen LogP contribution in [0.15, 0.2) is 10.5 Å². The van der Waals surface area contributed by atoms with Crippen LogP contribution in [0.2, 0.25) is 0 Å². The van der Waals surface area contributed by atoms with E-state index in [9.17, 15) is 9.90 Å². The first-order chi connectivity index (χ1) is 8.15. The van der Waals surface area contributed by atoms with Gasteiger partial charge >= 0.3 is 5.97 Å². The molecule has 92 valence electrons. The Balaban J connectivity index is 2.66. The van der Waals surface area contributed by atoms with Crippen LogP contribution >= 0.6 is 15.9 Å². The first kappa shape index (κ1) is 12.4. The second-order valence-corrected chi connectivity index (χ2v) is 5.12. The number of ether oxygens (including phenoxy) is 1. The number of halogens is 1. The summed E-state index contributed by atoms with van der Waals surface area (Å²) >= 11 is 3.39. The number of carboxylic acid groups (broad SMARTS) is 1. The molecule has 0 unspecified atom stereocenters. The molecule has 0 spiro atoms. The van der Waals surface area contributed by atoms with Gasteiger partial charge in [-0.2, -0.15) is 0 Å². The fourth-order valence-corrected chi connectivity index (χ4v) is 3.09. The predicted molar refractivity (Wildman–Crippen MR) is 68.9 cm³/mol. The quantitative estimate of drug-likeness (QED) is 0.851. The number of benzene rings is 1. The summed E-state index contributed by atoms with van der Waals surface area (Å²) in [6.45, 7) is 0. The summed E-state index contributed by atoms with van der Waals surface area (Å²) in [6, 6.07) is 2.01. The smallest absolute Gasteiger partial charge is 0.339 e. The molecule has 1 aliphatic rings. The first-order valence-corrected chi connectivity index (χ1v) is 6.56. The molecule has 0 aromatic heterocycles. The molecule has 1 N–H and O–H groups in total. The van der Waals surface area contributed by atoms with E-state index >= 15 is 0 Å². The molecular formula is C13H15BrO3. The molecule has 3 nitrogen and oxygen atoms in total. The lowest BCUT2D eigenvalue weighted by Gasteiger charge is -2.15. The molecule has 1 aromatic rings. The highest BCUT2D eigenvalue weighted by molar-refractivity contribution is 9.10. The van der Waals surface area contributed by atoms with Crippen molar-refractivity contribution in [2.24, 2.45) is 0 Å². The number of carbonyl (C=O) groups is 1. The number of rotatable bonds is 2. The van der Waals surface area contributed by atoms with Crippen molar-refractivity contribution in [3.63, 3.8) is 0 Å². The molecule has 2 rings (SSSR count). The van der Waals surface area contributed by atoms with Gasteiger partial charge in [0.25, 0.3) is 0 Å². The minimum atomic E-state index is -0.902. The summed E-state index contributed by atoms with van der Waals surface area (Å²) in [5, 5.41) is 9.37. The molecule has 0 radical (unpaired) electrons. The average molecular weight is 299 g/mol. The van der Waals surface area contributed by atoms with Crippen molar-refractivity contribution in [2.75, 3.05) is 7.11 Å². The molecule has 17 heavy (non-hydrogen) atoms. The Bertz CT molecular complexity index is 454. The van der Waals surface area contributed by atoms with E-state index in [4.69, 9.17) is 4.74 Å². The SMILES string of the molecule is COc1c(Br)cc2c(c1C(=O)O)CCCCC2. The monoisotopic (exact) mass is 298 g/mol. The normalized spacial score (nSPS) is 14.9. The summed E-state index contributed by atoms with van der Waals surface area (Å²) < 4.78 is 5.95. The maximum Gasteiger partial charge on any atom is 0.339 e. The number of fused-ring (bicyclic) bond motifs is 1. The van der Waals surface area contributed by atoms with Crippen LogP contribution in [0.3, 0.4) is 0 Å². The largest absolute Gasteiger partial charge is 0.495 e. The van der Waals surface area contributed by atoms with Crippen molar-refractivity contribution in [1.82, 2.24) is 0 Å². The van der Waals surface area contributed by atoms with E-state index in [0.717, 1.165) is 47.7 Å². The van der Waals surface area contributed by atoms with Gasteiger partial charge in [-0.3, -0.25) is 0 Å². The van der Waals surface area contributed by atoms with Crippen molar-refractivity contribution >= 4 is 21.9 Å². The second kappa shape index (κ2) is 5.08. The highest BCUT2D eigenvalue weighted by Gasteiger charge is 2.23. The molecular weight excluding hydrogens is 284 g/mol. The maximum atomic E-state index is 11.4. The maximum absolute atomic E-state index is 11.4. The lowest BCUT2D eigenvalue weighted by atomic mass is 9.96. The molecule has 0 amide bonds. The molecule has 0 aliphatic heterocycles. The summed E-state index contributed by atoms with van der Waals surface area (Å²) in [5.74, 6) is -0.459. The fraction of sp³-hybridized carbons (Fsp3) is 0.462. The molecule has 0 heterocycles. The van der Waals surface area contributed by atoms with Crippen LogP contribution in [0.25, 0.3) is 0 Å².